The third-order valence-electron chi connectivity index (χ3n) is 4.94. The third-order valence-corrected chi connectivity index (χ3v) is 4.94. The summed E-state index contributed by atoms with van der Waals surface area (Å²) in [6.07, 6.45) is 1.82. The molecule has 0 unspecified atom stereocenters. The van der Waals surface area contributed by atoms with Gasteiger partial charge in [0, 0.05) is 10.9 Å². The van der Waals surface area contributed by atoms with Gasteiger partial charge in [-0.2, -0.15) is 0 Å². The van der Waals surface area contributed by atoms with E-state index in [-0.39, 0.29) is 24.1 Å². The summed E-state index contributed by atoms with van der Waals surface area (Å²) in [6, 6.07) is 16.3. The van der Waals surface area contributed by atoms with Crippen LogP contribution in [0.4, 0.5) is 4.39 Å². The molecular weight excluding hydrogens is 357 g/mol. The maximum atomic E-state index is 13.9. The van der Waals surface area contributed by atoms with Crippen LogP contribution >= 0.6 is 0 Å². The molecule has 1 atom stereocenters. The maximum absolute atomic E-state index is 13.9. The molecule has 28 heavy (non-hydrogen) atoms. The summed E-state index contributed by atoms with van der Waals surface area (Å²) in [5.41, 5.74) is 2.26. The van der Waals surface area contributed by atoms with Crippen molar-refractivity contribution in [2.45, 2.75) is 19.4 Å². The van der Waals surface area contributed by atoms with Gasteiger partial charge in [-0.1, -0.05) is 36.4 Å². The second kappa shape index (κ2) is 7.35. The minimum Gasteiger partial charge on any atom is -0.494 e. The van der Waals surface area contributed by atoms with E-state index in [1.807, 2.05) is 43.3 Å². The second-order valence-electron chi connectivity index (χ2n) is 6.78. The lowest BCUT2D eigenvalue weighted by Crippen LogP contribution is -2.28. The van der Waals surface area contributed by atoms with Gasteiger partial charge in [-0.25, -0.2) is 4.39 Å². The lowest BCUT2D eigenvalue weighted by Gasteiger charge is -2.15. The molecule has 0 aliphatic rings. The molecule has 5 heteroatoms. The molecule has 0 spiro atoms. The fraction of sp³-hybridized carbons (Fsp3) is 0.174. The molecule has 0 saturated carbocycles. The van der Waals surface area contributed by atoms with Gasteiger partial charge in [0.15, 0.2) is 11.6 Å². The summed E-state index contributed by atoms with van der Waals surface area (Å²) in [5, 5.41) is 6.03. The molecule has 0 fully saturated rings. The molecule has 3 aromatic carbocycles. The maximum Gasteiger partial charge on any atom is 0.225 e. The number of carbonyl (C=O) groups is 1. The first-order valence-corrected chi connectivity index (χ1v) is 9.07. The van der Waals surface area contributed by atoms with Gasteiger partial charge < -0.3 is 14.5 Å². The Morgan fingerprint density at radius 1 is 1.18 bits per heavy atom. The summed E-state index contributed by atoms with van der Waals surface area (Å²) in [5.74, 6) is -0.424. The first-order valence-electron chi connectivity index (χ1n) is 9.07. The minimum atomic E-state index is -0.451. The van der Waals surface area contributed by atoms with Crippen molar-refractivity contribution in [3.8, 4) is 5.75 Å². The van der Waals surface area contributed by atoms with Crippen LogP contribution < -0.4 is 10.1 Å². The van der Waals surface area contributed by atoms with Crippen LogP contribution in [-0.4, -0.2) is 13.0 Å². The fourth-order valence-corrected chi connectivity index (χ4v) is 3.51. The van der Waals surface area contributed by atoms with Crippen LogP contribution in [0.5, 0.6) is 5.75 Å². The molecule has 0 radical (unpaired) electrons. The highest BCUT2D eigenvalue weighted by Crippen LogP contribution is 2.30. The van der Waals surface area contributed by atoms with Crippen LogP contribution in [0.1, 0.15) is 24.1 Å². The van der Waals surface area contributed by atoms with E-state index in [1.165, 1.54) is 13.2 Å². The highest BCUT2D eigenvalue weighted by atomic mass is 19.1. The number of rotatable bonds is 5. The van der Waals surface area contributed by atoms with Crippen LogP contribution in [0.25, 0.3) is 21.7 Å². The average Bonchev–Trinajstić information content (AvgIpc) is 3.11. The quantitative estimate of drug-likeness (QED) is 0.523. The van der Waals surface area contributed by atoms with E-state index in [4.69, 9.17) is 9.15 Å². The first kappa shape index (κ1) is 18.0. The van der Waals surface area contributed by atoms with E-state index < -0.39 is 5.82 Å². The summed E-state index contributed by atoms with van der Waals surface area (Å²) < 4.78 is 24.5. The van der Waals surface area contributed by atoms with Crippen molar-refractivity contribution >= 4 is 27.6 Å². The summed E-state index contributed by atoms with van der Waals surface area (Å²) in [6.45, 7) is 1.82. The minimum absolute atomic E-state index is 0.153. The smallest absolute Gasteiger partial charge is 0.225 e. The molecule has 1 N–H and O–H groups in total. The van der Waals surface area contributed by atoms with Gasteiger partial charge in [0.2, 0.25) is 5.91 Å². The zero-order valence-corrected chi connectivity index (χ0v) is 15.7. The van der Waals surface area contributed by atoms with Gasteiger partial charge in [-0.05, 0) is 41.5 Å². The number of halogens is 1. The summed E-state index contributed by atoms with van der Waals surface area (Å²) in [4.78, 5) is 12.6. The lowest BCUT2D eigenvalue weighted by atomic mass is 10.0. The van der Waals surface area contributed by atoms with Gasteiger partial charge in [0.05, 0.1) is 25.8 Å². The number of hydrogen-bond donors (Lipinski definition) is 1. The Kier molecular flexibility index (Phi) is 4.74. The van der Waals surface area contributed by atoms with Crippen molar-refractivity contribution in [1.29, 1.82) is 0 Å². The topological polar surface area (TPSA) is 51.5 Å². The Labute approximate surface area is 161 Å². The molecule has 142 valence electrons. The Balaban J connectivity index is 1.55. The molecule has 4 nitrogen and oxygen atoms in total. The van der Waals surface area contributed by atoms with Gasteiger partial charge in [-0.15, -0.1) is 0 Å². The second-order valence-corrected chi connectivity index (χ2v) is 6.78. The Morgan fingerprint density at radius 2 is 2.00 bits per heavy atom. The number of amides is 1. The number of ether oxygens (including phenoxy) is 1. The number of benzene rings is 3. The van der Waals surface area contributed by atoms with E-state index >= 15 is 0 Å². The summed E-state index contributed by atoms with van der Waals surface area (Å²) in [7, 11) is 1.42. The van der Waals surface area contributed by atoms with Crippen LogP contribution in [0.2, 0.25) is 0 Å². The molecule has 1 amide bonds. The standard InChI is InChI=1S/C23H20FNO3/c1-14(16-8-9-20(27-2)19(24)11-16)25-22(26)12-17-13-28-21-10-7-15-5-3-4-6-18(15)23(17)21/h3-11,13-14H,12H2,1-2H3,(H,25,26)/t14-/m0/s1. The monoisotopic (exact) mass is 377 g/mol. The Morgan fingerprint density at radius 3 is 2.79 bits per heavy atom. The molecule has 4 rings (SSSR count). The van der Waals surface area contributed by atoms with Crippen molar-refractivity contribution in [2.24, 2.45) is 0 Å². The van der Waals surface area contributed by atoms with Crippen LogP contribution in [0, 0.1) is 5.82 Å². The van der Waals surface area contributed by atoms with Gasteiger partial charge in [0.25, 0.3) is 0 Å². The molecule has 1 heterocycles. The third kappa shape index (κ3) is 3.31. The van der Waals surface area contributed by atoms with Crippen molar-refractivity contribution in [1.82, 2.24) is 5.32 Å². The van der Waals surface area contributed by atoms with Crippen LogP contribution in [0.15, 0.2) is 65.3 Å². The number of furan rings is 1. The van der Waals surface area contributed by atoms with Crippen LogP contribution in [0.3, 0.4) is 0 Å². The number of carbonyl (C=O) groups excluding carboxylic acids is 1. The predicted octanol–water partition coefficient (Wildman–Crippen LogP) is 5.15. The largest absolute Gasteiger partial charge is 0.494 e. The zero-order valence-electron chi connectivity index (χ0n) is 15.7. The zero-order chi connectivity index (χ0) is 19.7. The normalized spacial score (nSPS) is 12.2. The van der Waals surface area contributed by atoms with Crippen molar-refractivity contribution in [3.05, 3.63) is 77.8 Å². The van der Waals surface area contributed by atoms with Crippen LogP contribution in [-0.2, 0) is 11.2 Å². The average molecular weight is 377 g/mol. The van der Waals surface area contributed by atoms with E-state index in [2.05, 4.69) is 5.32 Å². The van der Waals surface area contributed by atoms with E-state index in [9.17, 15) is 9.18 Å². The first-order chi connectivity index (χ1) is 13.6. The predicted molar refractivity (Wildman–Crippen MR) is 107 cm³/mol. The molecule has 0 aliphatic carbocycles. The lowest BCUT2D eigenvalue weighted by molar-refractivity contribution is -0.121. The van der Waals surface area contributed by atoms with E-state index in [0.717, 1.165) is 27.3 Å². The highest BCUT2D eigenvalue weighted by Gasteiger charge is 2.16. The Hall–Kier alpha value is -3.34. The fourth-order valence-electron chi connectivity index (χ4n) is 3.51. The molecule has 0 aliphatic heterocycles. The van der Waals surface area contributed by atoms with Crippen molar-refractivity contribution in [2.75, 3.05) is 7.11 Å². The number of nitrogens with one attached hydrogen (secondary N) is 1. The van der Waals surface area contributed by atoms with E-state index in [0.29, 0.717) is 5.56 Å². The summed E-state index contributed by atoms with van der Waals surface area (Å²) >= 11 is 0. The van der Waals surface area contributed by atoms with E-state index in [1.54, 1.807) is 18.4 Å². The molecule has 1 aromatic heterocycles. The molecule has 0 saturated heterocycles. The number of hydrogen-bond acceptors (Lipinski definition) is 3. The van der Waals surface area contributed by atoms with Gasteiger partial charge in [-0.3, -0.25) is 4.79 Å². The van der Waals surface area contributed by atoms with Gasteiger partial charge >= 0.3 is 0 Å². The van der Waals surface area contributed by atoms with Crippen molar-refractivity contribution in [3.63, 3.8) is 0 Å². The van der Waals surface area contributed by atoms with Crippen molar-refractivity contribution < 1.29 is 18.3 Å². The highest BCUT2D eigenvalue weighted by molar-refractivity contribution is 6.08. The molecular formula is C23H20FNO3. The number of methoxy groups -OCH3 is 1. The Bertz CT molecular complexity index is 1170. The SMILES string of the molecule is COc1ccc([C@H](C)NC(=O)Cc2coc3ccc4ccccc4c23)cc1F. The molecule has 4 aromatic rings. The number of fused-ring (bicyclic) bond motifs is 3. The molecule has 0 bridgehead atoms. The van der Waals surface area contributed by atoms with Gasteiger partial charge in [0.1, 0.15) is 5.58 Å².